The monoisotopic (exact) mass is 260 g/mol. The summed E-state index contributed by atoms with van der Waals surface area (Å²) in [6.45, 7) is 0.326. The average Bonchev–Trinajstić information content (AvgIpc) is 2.46. The van der Waals surface area contributed by atoms with Gasteiger partial charge in [-0.05, 0) is 17.7 Å². The maximum atomic E-state index is 13.1. The van der Waals surface area contributed by atoms with Gasteiger partial charge in [0, 0.05) is 26.0 Å². The van der Waals surface area contributed by atoms with E-state index in [2.05, 4.69) is 20.6 Å². The van der Waals surface area contributed by atoms with Crippen LogP contribution in [0.1, 0.15) is 15.9 Å². The number of rotatable bonds is 4. The summed E-state index contributed by atoms with van der Waals surface area (Å²) in [5, 5.41) is 5.44. The van der Waals surface area contributed by atoms with E-state index in [1.165, 1.54) is 0 Å². The summed E-state index contributed by atoms with van der Waals surface area (Å²) < 4.78 is 13.1. The molecular weight excluding hydrogens is 247 g/mol. The first-order valence-corrected chi connectivity index (χ1v) is 5.71. The second-order valence-corrected chi connectivity index (χ2v) is 3.84. The van der Waals surface area contributed by atoms with Crippen LogP contribution in [0.3, 0.4) is 0 Å². The molecule has 2 rings (SSSR count). The zero-order valence-corrected chi connectivity index (χ0v) is 10.4. The van der Waals surface area contributed by atoms with E-state index in [0.29, 0.717) is 12.4 Å². The summed E-state index contributed by atoms with van der Waals surface area (Å²) in [5.74, 6) is -0.601. The lowest BCUT2D eigenvalue weighted by atomic mass is 10.2. The maximum absolute atomic E-state index is 13.1. The Morgan fingerprint density at radius 2 is 2.26 bits per heavy atom. The van der Waals surface area contributed by atoms with Crippen LogP contribution in [0.15, 0.2) is 36.8 Å². The van der Waals surface area contributed by atoms with Gasteiger partial charge in [0.2, 0.25) is 0 Å². The van der Waals surface area contributed by atoms with E-state index < -0.39 is 5.82 Å². The Kier molecular flexibility index (Phi) is 4.02. The van der Waals surface area contributed by atoms with E-state index >= 15 is 0 Å². The fraction of sp³-hybridized carbons (Fsp3) is 0.154. The molecule has 1 amide bonds. The van der Waals surface area contributed by atoms with E-state index in [-0.39, 0.29) is 11.5 Å². The molecule has 2 aromatic rings. The van der Waals surface area contributed by atoms with Gasteiger partial charge in [-0.2, -0.15) is 0 Å². The largest absolute Gasteiger partial charge is 0.372 e. The molecule has 0 radical (unpaired) electrons. The summed E-state index contributed by atoms with van der Waals surface area (Å²) in [7, 11) is 1.62. The molecule has 0 aliphatic heterocycles. The SMILES string of the molecule is CNc1ncc(F)cc1C(=O)NCc1cccnc1. The van der Waals surface area contributed by atoms with Crippen LogP contribution < -0.4 is 10.6 Å². The van der Waals surface area contributed by atoms with Crippen LogP contribution in [0.5, 0.6) is 0 Å². The fourth-order valence-electron chi connectivity index (χ4n) is 1.59. The molecule has 2 aromatic heterocycles. The normalized spacial score (nSPS) is 10.0. The first kappa shape index (κ1) is 12.9. The standard InChI is InChI=1S/C13H13FN4O/c1-15-12-11(5-10(14)8-17-12)13(19)18-7-9-3-2-4-16-6-9/h2-6,8H,7H2,1H3,(H,15,17)(H,18,19). The molecule has 0 aliphatic carbocycles. The molecule has 0 saturated carbocycles. The molecule has 0 atom stereocenters. The van der Waals surface area contributed by atoms with Crippen molar-refractivity contribution in [3.63, 3.8) is 0 Å². The van der Waals surface area contributed by atoms with E-state index in [0.717, 1.165) is 17.8 Å². The Hall–Kier alpha value is -2.50. The highest BCUT2D eigenvalue weighted by molar-refractivity contribution is 5.98. The summed E-state index contributed by atoms with van der Waals surface area (Å²) in [6, 6.07) is 4.78. The highest BCUT2D eigenvalue weighted by Gasteiger charge is 2.12. The minimum Gasteiger partial charge on any atom is -0.372 e. The first-order valence-electron chi connectivity index (χ1n) is 5.71. The lowest BCUT2D eigenvalue weighted by Gasteiger charge is -2.09. The molecule has 6 heteroatoms. The summed E-state index contributed by atoms with van der Waals surface area (Å²) in [6.07, 6.45) is 4.37. The predicted octanol–water partition coefficient (Wildman–Crippen LogP) is 1.59. The van der Waals surface area contributed by atoms with Crippen molar-refractivity contribution in [3.8, 4) is 0 Å². The third kappa shape index (κ3) is 3.25. The van der Waals surface area contributed by atoms with Crippen molar-refractivity contribution in [1.29, 1.82) is 0 Å². The van der Waals surface area contributed by atoms with Crippen LogP contribution in [-0.2, 0) is 6.54 Å². The summed E-state index contributed by atoms with van der Waals surface area (Å²) in [4.78, 5) is 19.7. The molecule has 0 aliphatic rings. The smallest absolute Gasteiger partial charge is 0.255 e. The van der Waals surface area contributed by atoms with Crippen molar-refractivity contribution in [2.45, 2.75) is 6.54 Å². The topological polar surface area (TPSA) is 66.9 Å². The number of hydrogen-bond acceptors (Lipinski definition) is 4. The second-order valence-electron chi connectivity index (χ2n) is 3.84. The van der Waals surface area contributed by atoms with Gasteiger partial charge in [-0.1, -0.05) is 6.07 Å². The number of halogens is 1. The van der Waals surface area contributed by atoms with Crippen molar-refractivity contribution < 1.29 is 9.18 Å². The van der Waals surface area contributed by atoms with Gasteiger partial charge in [0.05, 0.1) is 11.8 Å². The van der Waals surface area contributed by atoms with Crippen LogP contribution in [0.2, 0.25) is 0 Å². The fourth-order valence-corrected chi connectivity index (χ4v) is 1.59. The quantitative estimate of drug-likeness (QED) is 0.876. The van der Waals surface area contributed by atoms with Gasteiger partial charge in [0.25, 0.3) is 5.91 Å². The Bertz CT molecular complexity index is 574. The minimum atomic E-state index is -0.550. The number of pyridine rings is 2. The number of hydrogen-bond donors (Lipinski definition) is 2. The van der Waals surface area contributed by atoms with Gasteiger partial charge in [-0.15, -0.1) is 0 Å². The van der Waals surface area contributed by atoms with Crippen LogP contribution in [0.25, 0.3) is 0 Å². The van der Waals surface area contributed by atoms with Crippen molar-refractivity contribution in [2.75, 3.05) is 12.4 Å². The molecule has 2 N–H and O–H groups in total. The zero-order valence-electron chi connectivity index (χ0n) is 10.4. The molecule has 0 saturated heterocycles. The number of anilines is 1. The lowest BCUT2D eigenvalue weighted by Crippen LogP contribution is -2.24. The van der Waals surface area contributed by atoms with Crippen molar-refractivity contribution in [1.82, 2.24) is 15.3 Å². The number of amides is 1. The molecule has 19 heavy (non-hydrogen) atoms. The third-order valence-corrected chi connectivity index (χ3v) is 2.51. The molecule has 0 unspecified atom stereocenters. The number of aromatic nitrogens is 2. The van der Waals surface area contributed by atoms with Crippen LogP contribution in [0, 0.1) is 5.82 Å². The van der Waals surface area contributed by atoms with Crippen LogP contribution in [-0.4, -0.2) is 22.9 Å². The second kappa shape index (κ2) is 5.90. The Balaban J connectivity index is 2.10. The van der Waals surface area contributed by atoms with Crippen molar-refractivity contribution >= 4 is 11.7 Å². The third-order valence-electron chi connectivity index (χ3n) is 2.51. The molecule has 2 heterocycles. The van der Waals surface area contributed by atoms with Gasteiger partial charge >= 0.3 is 0 Å². The Labute approximate surface area is 109 Å². The van der Waals surface area contributed by atoms with Crippen molar-refractivity contribution in [3.05, 3.63) is 53.7 Å². The molecule has 0 aromatic carbocycles. The molecule has 0 spiro atoms. The Morgan fingerprint density at radius 1 is 1.42 bits per heavy atom. The highest BCUT2D eigenvalue weighted by Crippen LogP contribution is 2.12. The number of carbonyl (C=O) groups is 1. The zero-order chi connectivity index (χ0) is 13.7. The average molecular weight is 260 g/mol. The minimum absolute atomic E-state index is 0.173. The number of carbonyl (C=O) groups excluding carboxylic acids is 1. The maximum Gasteiger partial charge on any atom is 0.255 e. The van der Waals surface area contributed by atoms with Gasteiger partial charge < -0.3 is 10.6 Å². The number of nitrogens with zero attached hydrogens (tertiary/aromatic N) is 2. The van der Waals surface area contributed by atoms with Gasteiger partial charge in [0.15, 0.2) is 0 Å². The number of nitrogens with one attached hydrogen (secondary N) is 2. The predicted molar refractivity (Wildman–Crippen MR) is 69.1 cm³/mol. The van der Waals surface area contributed by atoms with Crippen LogP contribution in [0.4, 0.5) is 10.2 Å². The van der Waals surface area contributed by atoms with E-state index in [9.17, 15) is 9.18 Å². The van der Waals surface area contributed by atoms with Gasteiger partial charge in [-0.25, -0.2) is 9.37 Å². The van der Waals surface area contributed by atoms with Gasteiger partial charge in [0.1, 0.15) is 11.6 Å². The summed E-state index contributed by atoms with van der Waals surface area (Å²) in [5.41, 5.74) is 1.04. The first-order chi connectivity index (χ1) is 9.20. The van der Waals surface area contributed by atoms with E-state index in [1.807, 2.05) is 6.07 Å². The molecule has 0 fully saturated rings. The molecule has 0 bridgehead atoms. The Morgan fingerprint density at radius 3 is 2.95 bits per heavy atom. The van der Waals surface area contributed by atoms with E-state index in [4.69, 9.17) is 0 Å². The van der Waals surface area contributed by atoms with E-state index in [1.54, 1.807) is 25.5 Å². The molecule has 98 valence electrons. The lowest BCUT2D eigenvalue weighted by molar-refractivity contribution is 0.0951. The molecule has 5 nitrogen and oxygen atoms in total. The van der Waals surface area contributed by atoms with Gasteiger partial charge in [-0.3, -0.25) is 9.78 Å². The van der Waals surface area contributed by atoms with Crippen molar-refractivity contribution in [2.24, 2.45) is 0 Å². The highest BCUT2D eigenvalue weighted by atomic mass is 19.1. The summed E-state index contributed by atoms with van der Waals surface area (Å²) >= 11 is 0. The van der Waals surface area contributed by atoms with Crippen LogP contribution >= 0.6 is 0 Å². The molecular formula is C13H13FN4O.